The van der Waals surface area contributed by atoms with Gasteiger partial charge in [0.2, 0.25) is 0 Å². The number of rotatable bonds is 9. The largest absolute Gasteiger partial charge is 0.364 e. The summed E-state index contributed by atoms with van der Waals surface area (Å²) in [7, 11) is 0. The zero-order chi connectivity index (χ0) is 16.5. The fraction of sp³-hybridized carbons (Fsp3) is 0.429. The summed E-state index contributed by atoms with van der Waals surface area (Å²) in [6.45, 7) is 10.4. The van der Waals surface area contributed by atoms with E-state index in [1.807, 2.05) is 0 Å². The summed E-state index contributed by atoms with van der Waals surface area (Å²) in [4.78, 5) is 2.40. The van der Waals surface area contributed by atoms with E-state index in [-0.39, 0.29) is 5.60 Å². The van der Waals surface area contributed by atoms with Crippen molar-refractivity contribution in [2.75, 3.05) is 26.2 Å². The Kier molecular flexibility index (Phi) is 6.82. The highest BCUT2D eigenvalue weighted by atomic mass is 16.5. The van der Waals surface area contributed by atoms with E-state index < -0.39 is 0 Å². The third-order valence-corrected chi connectivity index (χ3v) is 4.63. The second kappa shape index (κ2) is 8.85. The third-order valence-electron chi connectivity index (χ3n) is 4.63. The summed E-state index contributed by atoms with van der Waals surface area (Å²) in [6.07, 6.45) is 0.916. The summed E-state index contributed by atoms with van der Waals surface area (Å²) in [6, 6.07) is 21.2. The molecule has 0 unspecified atom stereocenters. The van der Waals surface area contributed by atoms with Crippen LogP contribution in [0.3, 0.4) is 0 Å². The molecule has 0 spiro atoms. The van der Waals surface area contributed by atoms with E-state index in [9.17, 15) is 0 Å². The first kappa shape index (κ1) is 17.7. The van der Waals surface area contributed by atoms with E-state index >= 15 is 0 Å². The average molecular weight is 311 g/mol. The maximum atomic E-state index is 6.54. The number of hydrogen-bond acceptors (Lipinski definition) is 2. The highest BCUT2D eigenvalue weighted by molar-refractivity contribution is 5.36. The molecular formula is C21H29NO. The minimum Gasteiger partial charge on any atom is -0.364 e. The van der Waals surface area contributed by atoms with Gasteiger partial charge in [-0.25, -0.2) is 0 Å². The molecule has 23 heavy (non-hydrogen) atoms. The van der Waals surface area contributed by atoms with Crippen LogP contribution in [-0.2, 0) is 10.3 Å². The minimum absolute atomic E-state index is 0.365. The van der Waals surface area contributed by atoms with Crippen molar-refractivity contribution < 1.29 is 4.74 Å². The van der Waals surface area contributed by atoms with Crippen molar-refractivity contribution in [1.29, 1.82) is 0 Å². The lowest BCUT2D eigenvalue weighted by Gasteiger charge is -2.35. The van der Waals surface area contributed by atoms with Crippen molar-refractivity contribution >= 4 is 0 Å². The predicted molar refractivity (Wildman–Crippen MR) is 97.7 cm³/mol. The second-order valence-corrected chi connectivity index (χ2v) is 5.79. The van der Waals surface area contributed by atoms with E-state index in [4.69, 9.17) is 4.74 Å². The second-order valence-electron chi connectivity index (χ2n) is 5.79. The molecule has 0 saturated carbocycles. The molecule has 2 rings (SSSR count). The van der Waals surface area contributed by atoms with Gasteiger partial charge in [-0.15, -0.1) is 0 Å². The van der Waals surface area contributed by atoms with E-state index in [2.05, 4.69) is 86.3 Å². The van der Waals surface area contributed by atoms with Gasteiger partial charge in [-0.3, -0.25) is 0 Å². The predicted octanol–water partition coefficient (Wildman–Crippen LogP) is 4.70. The first-order valence-electron chi connectivity index (χ1n) is 8.74. The van der Waals surface area contributed by atoms with Gasteiger partial charge in [0.05, 0.1) is 6.61 Å². The van der Waals surface area contributed by atoms with Crippen LogP contribution in [0.15, 0.2) is 60.7 Å². The minimum atomic E-state index is -0.365. The average Bonchev–Trinajstić information content (AvgIpc) is 2.64. The summed E-state index contributed by atoms with van der Waals surface area (Å²) < 4.78 is 6.54. The smallest absolute Gasteiger partial charge is 0.118 e. The van der Waals surface area contributed by atoms with E-state index in [0.29, 0.717) is 0 Å². The first-order valence-corrected chi connectivity index (χ1v) is 8.74. The van der Waals surface area contributed by atoms with E-state index in [1.165, 1.54) is 11.1 Å². The lowest BCUT2D eigenvalue weighted by atomic mass is 9.84. The van der Waals surface area contributed by atoms with Crippen LogP contribution in [0.4, 0.5) is 0 Å². The Hall–Kier alpha value is -1.64. The molecular weight excluding hydrogens is 282 g/mol. The molecule has 2 heteroatoms. The van der Waals surface area contributed by atoms with Gasteiger partial charge in [0, 0.05) is 6.54 Å². The molecule has 0 aromatic heterocycles. The highest BCUT2D eigenvalue weighted by Gasteiger charge is 2.33. The quantitative estimate of drug-likeness (QED) is 0.665. The molecule has 0 heterocycles. The fourth-order valence-corrected chi connectivity index (χ4v) is 3.15. The third kappa shape index (κ3) is 4.21. The molecule has 0 fully saturated rings. The molecule has 124 valence electrons. The van der Waals surface area contributed by atoms with Crippen LogP contribution >= 0.6 is 0 Å². The molecule has 0 saturated heterocycles. The summed E-state index contributed by atoms with van der Waals surface area (Å²) in [5, 5.41) is 0. The SMILES string of the molecule is CCN(CC)CCOC(CC)(c1ccccc1)c1ccccc1. The van der Waals surface area contributed by atoms with Gasteiger partial charge in [0.15, 0.2) is 0 Å². The lowest BCUT2D eigenvalue weighted by molar-refractivity contribution is -0.0296. The van der Waals surface area contributed by atoms with Gasteiger partial charge in [-0.2, -0.15) is 0 Å². The fourth-order valence-electron chi connectivity index (χ4n) is 3.15. The molecule has 0 aliphatic carbocycles. The summed E-state index contributed by atoms with van der Waals surface area (Å²) in [5.41, 5.74) is 2.09. The van der Waals surface area contributed by atoms with Crippen molar-refractivity contribution in [3.8, 4) is 0 Å². The zero-order valence-electron chi connectivity index (χ0n) is 14.7. The van der Waals surface area contributed by atoms with Crippen molar-refractivity contribution in [1.82, 2.24) is 4.90 Å². The topological polar surface area (TPSA) is 12.5 Å². The maximum Gasteiger partial charge on any atom is 0.118 e. The van der Waals surface area contributed by atoms with Gasteiger partial charge in [-0.05, 0) is 30.6 Å². The Bertz CT molecular complexity index is 509. The first-order chi connectivity index (χ1) is 11.3. The highest BCUT2D eigenvalue weighted by Crippen LogP contribution is 2.36. The van der Waals surface area contributed by atoms with Crippen LogP contribution in [0, 0.1) is 0 Å². The standard InChI is InChI=1S/C21H29NO/c1-4-21(19-13-9-7-10-14-19,20-15-11-8-12-16-20)23-18-17-22(5-2)6-3/h7-16H,4-6,17-18H2,1-3H3. The number of nitrogens with zero attached hydrogens (tertiary/aromatic N) is 1. The van der Waals surface area contributed by atoms with Gasteiger partial charge in [0.25, 0.3) is 0 Å². The normalized spacial score (nSPS) is 11.8. The van der Waals surface area contributed by atoms with Crippen LogP contribution in [0.1, 0.15) is 38.3 Å². The van der Waals surface area contributed by atoms with Crippen LogP contribution in [0.5, 0.6) is 0 Å². The zero-order valence-corrected chi connectivity index (χ0v) is 14.7. The molecule has 0 radical (unpaired) electrons. The van der Waals surface area contributed by atoms with Crippen molar-refractivity contribution in [2.24, 2.45) is 0 Å². The van der Waals surface area contributed by atoms with Crippen LogP contribution in [0.25, 0.3) is 0 Å². The number of hydrogen-bond donors (Lipinski definition) is 0. The number of ether oxygens (including phenoxy) is 1. The van der Waals surface area contributed by atoms with Gasteiger partial charge in [0.1, 0.15) is 5.60 Å². The van der Waals surface area contributed by atoms with Crippen molar-refractivity contribution in [2.45, 2.75) is 32.8 Å². The summed E-state index contributed by atoms with van der Waals surface area (Å²) in [5.74, 6) is 0. The van der Waals surface area contributed by atoms with Crippen LogP contribution in [-0.4, -0.2) is 31.1 Å². The van der Waals surface area contributed by atoms with E-state index in [1.54, 1.807) is 0 Å². The van der Waals surface area contributed by atoms with Gasteiger partial charge < -0.3 is 9.64 Å². The van der Waals surface area contributed by atoms with Crippen molar-refractivity contribution in [3.05, 3.63) is 71.8 Å². The van der Waals surface area contributed by atoms with Crippen molar-refractivity contribution in [3.63, 3.8) is 0 Å². The van der Waals surface area contributed by atoms with Crippen LogP contribution < -0.4 is 0 Å². The number of likely N-dealkylation sites (N-methyl/N-ethyl adjacent to an activating group) is 1. The van der Waals surface area contributed by atoms with Gasteiger partial charge in [-0.1, -0.05) is 81.4 Å². The lowest BCUT2D eigenvalue weighted by Crippen LogP contribution is -2.35. The molecule has 0 bridgehead atoms. The molecule has 0 atom stereocenters. The Morgan fingerprint density at radius 3 is 1.65 bits per heavy atom. The molecule has 2 aromatic carbocycles. The molecule has 0 N–H and O–H groups in total. The Morgan fingerprint density at radius 1 is 0.783 bits per heavy atom. The Morgan fingerprint density at radius 2 is 1.26 bits per heavy atom. The Labute approximate surface area is 141 Å². The van der Waals surface area contributed by atoms with Crippen LogP contribution in [0.2, 0.25) is 0 Å². The van der Waals surface area contributed by atoms with Gasteiger partial charge >= 0.3 is 0 Å². The molecule has 2 aromatic rings. The molecule has 0 amide bonds. The molecule has 2 nitrogen and oxygen atoms in total. The summed E-state index contributed by atoms with van der Waals surface area (Å²) >= 11 is 0. The number of benzene rings is 2. The molecule has 0 aliphatic heterocycles. The monoisotopic (exact) mass is 311 g/mol. The van der Waals surface area contributed by atoms with E-state index in [0.717, 1.165) is 32.7 Å². The molecule has 0 aliphatic rings. The Balaban J connectivity index is 2.28. The maximum absolute atomic E-state index is 6.54.